The quantitative estimate of drug-likeness (QED) is 0.826. The van der Waals surface area contributed by atoms with E-state index in [4.69, 9.17) is 9.15 Å². The van der Waals surface area contributed by atoms with E-state index in [0.717, 1.165) is 26.0 Å². The SMILES string of the molecule is CCCNC(Cc1ccoc1)C1CCCCO1. The van der Waals surface area contributed by atoms with E-state index in [0.29, 0.717) is 12.1 Å². The Hall–Kier alpha value is -0.800. The molecule has 0 bridgehead atoms. The normalized spacial score (nSPS) is 22.5. The van der Waals surface area contributed by atoms with E-state index in [1.54, 1.807) is 6.26 Å². The van der Waals surface area contributed by atoms with Crippen LogP contribution in [-0.2, 0) is 11.2 Å². The van der Waals surface area contributed by atoms with Gasteiger partial charge in [0, 0.05) is 12.6 Å². The van der Waals surface area contributed by atoms with Gasteiger partial charge < -0.3 is 14.5 Å². The Labute approximate surface area is 104 Å². The van der Waals surface area contributed by atoms with Crippen LogP contribution in [0.5, 0.6) is 0 Å². The van der Waals surface area contributed by atoms with E-state index in [2.05, 4.69) is 12.2 Å². The maximum Gasteiger partial charge on any atom is 0.0935 e. The van der Waals surface area contributed by atoms with Crippen LogP contribution in [0.3, 0.4) is 0 Å². The smallest absolute Gasteiger partial charge is 0.0935 e. The van der Waals surface area contributed by atoms with E-state index in [9.17, 15) is 0 Å². The topological polar surface area (TPSA) is 34.4 Å². The second-order valence-corrected chi connectivity index (χ2v) is 4.80. The fraction of sp³-hybridized carbons (Fsp3) is 0.714. The fourth-order valence-corrected chi connectivity index (χ4v) is 2.41. The molecule has 0 saturated carbocycles. The Morgan fingerprint density at radius 1 is 1.47 bits per heavy atom. The summed E-state index contributed by atoms with van der Waals surface area (Å²) < 4.78 is 11.0. The van der Waals surface area contributed by atoms with Crippen molar-refractivity contribution in [2.45, 2.75) is 51.2 Å². The molecule has 1 fully saturated rings. The van der Waals surface area contributed by atoms with Crippen molar-refractivity contribution in [3.05, 3.63) is 24.2 Å². The zero-order valence-corrected chi connectivity index (χ0v) is 10.7. The molecule has 1 saturated heterocycles. The van der Waals surface area contributed by atoms with Crippen LogP contribution in [0.1, 0.15) is 38.2 Å². The van der Waals surface area contributed by atoms with Crippen molar-refractivity contribution in [3.8, 4) is 0 Å². The average Bonchev–Trinajstić information content (AvgIpc) is 2.88. The lowest BCUT2D eigenvalue weighted by Crippen LogP contribution is -2.44. The van der Waals surface area contributed by atoms with Gasteiger partial charge in [-0.15, -0.1) is 0 Å². The van der Waals surface area contributed by atoms with Gasteiger partial charge >= 0.3 is 0 Å². The minimum atomic E-state index is 0.366. The highest BCUT2D eigenvalue weighted by Gasteiger charge is 2.24. The number of rotatable bonds is 6. The molecule has 3 nitrogen and oxygen atoms in total. The van der Waals surface area contributed by atoms with E-state index < -0.39 is 0 Å². The van der Waals surface area contributed by atoms with E-state index >= 15 is 0 Å². The Morgan fingerprint density at radius 2 is 2.41 bits per heavy atom. The average molecular weight is 237 g/mol. The monoisotopic (exact) mass is 237 g/mol. The van der Waals surface area contributed by atoms with Gasteiger partial charge in [0.25, 0.3) is 0 Å². The van der Waals surface area contributed by atoms with Crippen molar-refractivity contribution in [2.24, 2.45) is 0 Å². The predicted molar refractivity (Wildman–Crippen MR) is 68.1 cm³/mol. The molecule has 0 aromatic carbocycles. The summed E-state index contributed by atoms with van der Waals surface area (Å²) in [5, 5.41) is 3.61. The van der Waals surface area contributed by atoms with Gasteiger partial charge in [-0.05, 0) is 50.3 Å². The third-order valence-corrected chi connectivity index (χ3v) is 3.36. The molecule has 0 aliphatic carbocycles. The summed E-state index contributed by atoms with van der Waals surface area (Å²) in [6.07, 6.45) is 9.79. The highest BCUT2D eigenvalue weighted by molar-refractivity contribution is 5.08. The first-order valence-corrected chi connectivity index (χ1v) is 6.76. The van der Waals surface area contributed by atoms with Crippen LogP contribution in [0.15, 0.2) is 23.0 Å². The third-order valence-electron chi connectivity index (χ3n) is 3.36. The van der Waals surface area contributed by atoms with Crippen LogP contribution in [0.2, 0.25) is 0 Å². The molecule has 3 heteroatoms. The van der Waals surface area contributed by atoms with Crippen LogP contribution >= 0.6 is 0 Å². The van der Waals surface area contributed by atoms with Crippen LogP contribution in [0, 0.1) is 0 Å². The van der Waals surface area contributed by atoms with Gasteiger partial charge in [0.2, 0.25) is 0 Å². The first kappa shape index (κ1) is 12.7. The summed E-state index contributed by atoms with van der Waals surface area (Å²) in [4.78, 5) is 0. The lowest BCUT2D eigenvalue weighted by Gasteiger charge is -2.31. The summed E-state index contributed by atoms with van der Waals surface area (Å²) in [6, 6.07) is 2.47. The van der Waals surface area contributed by atoms with Gasteiger partial charge in [0.15, 0.2) is 0 Å². The first-order valence-electron chi connectivity index (χ1n) is 6.76. The summed E-state index contributed by atoms with van der Waals surface area (Å²) in [6.45, 7) is 4.17. The van der Waals surface area contributed by atoms with Gasteiger partial charge in [-0.1, -0.05) is 6.92 Å². The van der Waals surface area contributed by atoms with Crippen molar-refractivity contribution in [1.82, 2.24) is 5.32 Å². The molecule has 2 unspecified atom stereocenters. The van der Waals surface area contributed by atoms with E-state index in [1.165, 1.54) is 24.8 Å². The fourth-order valence-electron chi connectivity index (χ4n) is 2.41. The van der Waals surface area contributed by atoms with Gasteiger partial charge in [0.05, 0.1) is 18.6 Å². The molecule has 1 aliphatic heterocycles. The second-order valence-electron chi connectivity index (χ2n) is 4.80. The summed E-state index contributed by atoms with van der Waals surface area (Å²) in [7, 11) is 0. The summed E-state index contributed by atoms with van der Waals surface area (Å²) in [5.74, 6) is 0. The Bertz CT molecular complexity index is 291. The maximum absolute atomic E-state index is 5.89. The van der Waals surface area contributed by atoms with Crippen LogP contribution in [0.4, 0.5) is 0 Å². The lowest BCUT2D eigenvalue weighted by molar-refractivity contribution is -0.00739. The lowest BCUT2D eigenvalue weighted by atomic mass is 9.97. The summed E-state index contributed by atoms with van der Waals surface area (Å²) >= 11 is 0. The van der Waals surface area contributed by atoms with Crippen molar-refractivity contribution in [3.63, 3.8) is 0 Å². The second kappa shape index (κ2) is 6.82. The van der Waals surface area contributed by atoms with Crippen LogP contribution < -0.4 is 5.32 Å². The highest BCUT2D eigenvalue weighted by Crippen LogP contribution is 2.19. The largest absolute Gasteiger partial charge is 0.472 e. The molecule has 96 valence electrons. The third kappa shape index (κ3) is 3.86. The number of nitrogens with one attached hydrogen (secondary N) is 1. The molecule has 0 amide bonds. The Morgan fingerprint density at radius 3 is 3.06 bits per heavy atom. The summed E-state index contributed by atoms with van der Waals surface area (Å²) in [5.41, 5.74) is 1.26. The van der Waals surface area contributed by atoms with Crippen molar-refractivity contribution in [1.29, 1.82) is 0 Å². The highest BCUT2D eigenvalue weighted by atomic mass is 16.5. The van der Waals surface area contributed by atoms with Gasteiger partial charge in [-0.25, -0.2) is 0 Å². The van der Waals surface area contributed by atoms with E-state index in [-0.39, 0.29) is 0 Å². The molecule has 1 N–H and O–H groups in total. The van der Waals surface area contributed by atoms with Crippen molar-refractivity contribution in [2.75, 3.05) is 13.2 Å². The number of hydrogen-bond donors (Lipinski definition) is 1. The number of ether oxygens (including phenoxy) is 1. The molecule has 1 aromatic rings. The predicted octanol–water partition coefficient (Wildman–Crippen LogP) is 2.76. The van der Waals surface area contributed by atoms with Crippen molar-refractivity contribution >= 4 is 0 Å². The minimum absolute atomic E-state index is 0.366. The molecule has 0 radical (unpaired) electrons. The number of furan rings is 1. The first-order chi connectivity index (χ1) is 8.40. The van der Waals surface area contributed by atoms with Crippen molar-refractivity contribution < 1.29 is 9.15 Å². The van der Waals surface area contributed by atoms with Crippen LogP contribution in [0.25, 0.3) is 0 Å². The zero-order valence-electron chi connectivity index (χ0n) is 10.7. The molecule has 0 spiro atoms. The van der Waals surface area contributed by atoms with Crippen LogP contribution in [-0.4, -0.2) is 25.3 Å². The molecule has 1 aliphatic rings. The van der Waals surface area contributed by atoms with Gasteiger partial charge in [0.1, 0.15) is 0 Å². The molecular formula is C14H23NO2. The van der Waals surface area contributed by atoms with Gasteiger partial charge in [-0.3, -0.25) is 0 Å². The minimum Gasteiger partial charge on any atom is -0.472 e. The molecule has 17 heavy (non-hydrogen) atoms. The molecule has 2 atom stereocenters. The molecule has 2 heterocycles. The Kier molecular flexibility index (Phi) is 5.08. The molecular weight excluding hydrogens is 214 g/mol. The zero-order chi connectivity index (χ0) is 11.9. The number of hydrogen-bond acceptors (Lipinski definition) is 3. The van der Waals surface area contributed by atoms with E-state index in [1.807, 2.05) is 12.3 Å². The Balaban J connectivity index is 1.91. The maximum atomic E-state index is 5.89. The molecule has 1 aromatic heterocycles. The van der Waals surface area contributed by atoms with Gasteiger partial charge in [-0.2, -0.15) is 0 Å². The standard InChI is InChI=1S/C14H23NO2/c1-2-7-15-13(10-12-6-9-16-11-12)14-5-3-4-8-17-14/h6,9,11,13-15H,2-5,7-8,10H2,1H3. The molecule has 2 rings (SSSR count).